The van der Waals surface area contributed by atoms with Crippen molar-refractivity contribution in [1.82, 2.24) is 10.2 Å². The number of hydrogen-bond acceptors (Lipinski definition) is 5. The molecule has 8 heteroatoms. The second-order valence-corrected chi connectivity index (χ2v) is 8.96. The maximum Gasteiger partial charge on any atom is 0.326 e. The standard InChI is InChI=1S/C24H36N2O5.H2S/c1-5-24(13-6-7-14-26(4)16-24)18-9-8-10-19(15-18)31-21(28)12-11-20(27)25-22(17(2)3)23(29)30;/h8-10,15,17,22H,5-7,11-14,16H2,1-4H3,(H,25,27)(H,29,30);1H2/t22-,24?;/m0./s1. The van der Waals surface area contributed by atoms with Crippen LogP contribution < -0.4 is 10.1 Å². The second-order valence-electron chi connectivity index (χ2n) is 8.96. The van der Waals surface area contributed by atoms with E-state index in [0.717, 1.165) is 25.9 Å². The van der Waals surface area contributed by atoms with Crippen molar-refractivity contribution in [2.75, 3.05) is 20.1 Å². The molecule has 1 amide bonds. The van der Waals surface area contributed by atoms with E-state index in [0.29, 0.717) is 5.75 Å². The first-order valence-corrected chi connectivity index (χ1v) is 11.2. The van der Waals surface area contributed by atoms with E-state index < -0.39 is 23.9 Å². The molecule has 1 saturated heterocycles. The second kappa shape index (κ2) is 12.8. The zero-order chi connectivity index (χ0) is 23.0. The van der Waals surface area contributed by atoms with Crippen molar-refractivity contribution in [2.45, 2.75) is 70.8 Å². The summed E-state index contributed by atoms with van der Waals surface area (Å²) in [5, 5.41) is 11.6. The molecule has 2 rings (SSSR count). The minimum atomic E-state index is -1.09. The third-order valence-electron chi connectivity index (χ3n) is 6.18. The summed E-state index contributed by atoms with van der Waals surface area (Å²) in [6.45, 7) is 7.71. The quantitative estimate of drug-likeness (QED) is 0.427. The highest BCUT2D eigenvalue weighted by Gasteiger charge is 2.33. The fraction of sp³-hybridized carbons (Fsp3) is 0.625. The molecule has 32 heavy (non-hydrogen) atoms. The molecule has 7 nitrogen and oxygen atoms in total. The molecular formula is C24H38N2O5S. The van der Waals surface area contributed by atoms with Gasteiger partial charge < -0.3 is 20.1 Å². The summed E-state index contributed by atoms with van der Waals surface area (Å²) >= 11 is 0. The summed E-state index contributed by atoms with van der Waals surface area (Å²) in [5.74, 6) is -1.83. The van der Waals surface area contributed by atoms with E-state index in [-0.39, 0.29) is 37.7 Å². The van der Waals surface area contributed by atoms with Gasteiger partial charge in [0.25, 0.3) is 0 Å². The first kappa shape index (κ1) is 28.0. The van der Waals surface area contributed by atoms with E-state index in [1.54, 1.807) is 19.9 Å². The number of rotatable bonds is 9. The number of carbonyl (C=O) groups is 3. The van der Waals surface area contributed by atoms with Gasteiger partial charge in [0.2, 0.25) is 5.91 Å². The molecule has 1 aromatic carbocycles. The molecule has 0 aliphatic carbocycles. The number of benzene rings is 1. The lowest BCUT2D eigenvalue weighted by Crippen LogP contribution is -2.44. The molecule has 1 aliphatic heterocycles. The van der Waals surface area contributed by atoms with Crippen molar-refractivity contribution in [2.24, 2.45) is 5.92 Å². The molecule has 1 fully saturated rings. The van der Waals surface area contributed by atoms with Gasteiger partial charge in [0.05, 0.1) is 6.42 Å². The third-order valence-corrected chi connectivity index (χ3v) is 6.18. The topological polar surface area (TPSA) is 95.9 Å². The SMILES string of the molecule is CCC1(c2cccc(OC(=O)CCC(=O)N[C@H](C(=O)O)C(C)C)c2)CCCCN(C)C1.S. The number of amides is 1. The van der Waals surface area contributed by atoms with Gasteiger partial charge >= 0.3 is 11.9 Å². The number of nitrogens with one attached hydrogen (secondary N) is 1. The minimum absolute atomic E-state index is 0. The summed E-state index contributed by atoms with van der Waals surface area (Å²) in [6.07, 6.45) is 4.25. The van der Waals surface area contributed by atoms with E-state index in [4.69, 9.17) is 9.84 Å². The van der Waals surface area contributed by atoms with Crippen molar-refractivity contribution in [3.8, 4) is 5.75 Å². The molecule has 2 N–H and O–H groups in total. The van der Waals surface area contributed by atoms with Crippen molar-refractivity contribution in [3.63, 3.8) is 0 Å². The monoisotopic (exact) mass is 466 g/mol. The van der Waals surface area contributed by atoms with Gasteiger partial charge in [-0.15, -0.1) is 0 Å². The molecule has 0 bridgehead atoms. The van der Waals surface area contributed by atoms with Crippen molar-refractivity contribution < 1.29 is 24.2 Å². The van der Waals surface area contributed by atoms with Gasteiger partial charge in [0.15, 0.2) is 0 Å². The lowest BCUT2D eigenvalue weighted by molar-refractivity contribution is -0.143. The number of aliphatic carboxylic acids is 1. The fourth-order valence-electron chi connectivity index (χ4n) is 4.29. The highest BCUT2D eigenvalue weighted by Crippen LogP contribution is 2.37. The van der Waals surface area contributed by atoms with Crippen LogP contribution in [0.3, 0.4) is 0 Å². The van der Waals surface area contributed by atoms with Crippen molar-refractivity contribution >= 4 is 31.3 Å². The molecule has 0 aromatic heterocycles. The highest BCUT2D eigenvalue weighted by atomic mass is 32.1. The largest absolute Gasteiger partial charge is 0.480 e. The molecule has 1 heterocycles. The van der Waals surface area contributed by atoms with Gasteiger partial charge in [0, 0.05) is 18.4 Å². The summed E-state index contributed by atoms with van der Waals surface area (Å²) in [4.78, 5) is 37.9. The van der Waals surface area contributed by atoms with Crippen LogP contribution >= 0.6 is 13.5 Å². The molecule has 180 valence electrons. The first-order valence-electron chi connectivity index (χ1n) is 11.2. The Morgan fingerprint density at radius 1 is 1.22 bits per heavy atom. The summed E-state index contributed by atoms with van der Waals surface area (Å²) in [5.41, 5.74) is 1.21. The summed E-state index contributed by atoms with van der Waals surface area (Å²) < 4.78 is 5.49. The van der Waals surface area contributed by atoms with E-state index in [9.17, 15) is 14.4 Å². The van der Waals surface area contributed by atoms with Gasteiger partial charge in [-0.05, 0) is 56.5 Å². The molecule has 1 unspecified atom stereocenters. The molecule has 0 radical (unpaired) electrons. The number of esters is 1. The lowest BCUT2D eigenvalue weighted by atomic mass is 9.74. The van der Waals surface area contributed by atoms with Gasteiger partial charge in [-0.2, -0.15) is 13.5 Å². The number of carboxylic acids is 1. The fourth-order valence-corrected chi connectivity index (χ4v) is 4.29. The van der Waals surface area contributed by atoms with Crippen LogP contribution in [0.1, 0.15) is 64.9 Å². The number of likely N-dealkylation sites (tertiary alicyclic amines) is 1. The van der Waals surface area contributed by atoms with Crippen molar-refractivity contribution in [3.05, 3.63) is 29.8 Å². The van der Waals surface area contributed by atoms with E-state index in [2.05, 4.69) is 30.3 Å². The Kier molecular flexibility index (Phi) is 11.2. The van der Waals surface area contributed by atoms with E-state index >= 15 is 0 Å². The van der Waals surface area contributed by atoms with Crippen LogP contribution in [0.5, 0.6) is 5.75 Å². The van der Waals surface area contributed by atoms with Crippen LogP contribution in [0.25, 0.3) is 0 Å². The van der Waals surface area contributed by atoms with Gasteiger partial charge in [-0.1, -0.05) is 39.3 Å². The van der Waals surface area contributed by atoms with Crippen molar-refractivity contribution in [1.29, 1.82) is 0 Å². The molecular weight excluding hydrogens is 428 g/mol. The first-order chi connectivity index (χ1) is 14.7. The van der Waals surface area contributed by atoms with Crippen LogP contribution in [0.4, 0.5) is 0 Å². The average molecular weight is 467 g/mol. The molecule has 1 aliphatic rings. The normalized spacial score (nSPS) is 20.0. The average Bonchev–Trinajstić information content (AvgIpc) is 2.92. The minimum Gasteiger partial charge on any atom is -0.480 e. The maximum absolute atomic E-state index is 12.3. The van der Waals surface area contributed by atoms with Gasteiger partial charge in [0.1, 0.15) is 11.8 Å². The van der Waals surface area contributed by atoms with Crippen LogP contribution in [-0.2, 0) is 19.8 Å². The van der Waals surface area contributed by atoms with Crippen LogP contribution in [0.15, 0.2) is 24.3 Å². The summed E-state index contributed by atoms with van der Waals surface area (Å²) in [6, 6.07) is 6.74. The van der Waals surface area contributed by atoms with Crippen LogP contribution in [-0.4, -0.2) is 54.0 Å². The zero-order valence-electron chi connectivity index (χ0n) is 19.6. The number of likely N-dealkylation sites (N-methyl/N-ethyl adjacent to an activating group) is 1. The Morgan fingerprint density at radius 3 is 2.56 bits per heavy atom. The Hall–Kier alpha value is -2.06. The van der Waals surface area contributed by atoms with Crippen LogP contribution in [0.2, 0.25) is 0 Å². The summed E-state index contributed by atoms with van der Waals surface area (Å²) in [7, 11) is 2.15. The number of carbonyl (C=O) groups excluding carboxylic acids is 2. The molecule has 2 atom stereocenters. The zero-order valence-corrected chi connectivity index (χ0v) is 20.6. The Labute approximate surface area is 198 Å². The predicted molar refractivity (Wildman–Crippen MR) is 129 cm³/mol. The van der Waals surface area contributed by atoms with Crippen LogP contribution in [0, 0.1) is 5.92 Å². The molecule has 0 saturated carbocycles. The third kappa shape index (κ3) is 7.81. The number of nitrogens with zero attached hydrogens (tertiary/aromatic N) is 1. The number of ether oxygens (including phenoxy) is 1. The smallest absolute Gasteiger partial charge is 0.326 e. The number of hydrogen-bond donors (Lipinski definition) is 2. The Bertz CT molecular complexity index is 785. The number of carboxylic acid groups (broad SMARTS) is 1. The Balaban J connectivity index is 0.00000512. The maximum atomic E-state index is 12.3. The molecule has 1 aromatic rings. The van der Waals surface area contributed by atoms with E-state index in [1.807, 2.05) is 12.1 Å². The van der Waals surface area contributed by atoms with E-state index in [1.165, 1.54) is 18.4 Å². The lowest BCUT2D eigenvalue weighted by Gasteiger charge is -2.35. The van der Waals surface area contributed by atoms with Gasteiger partial charge in [-0.25, -0.2) is 4.79 Å². The molecule has 0 spiro atoms. The predicted octanol–water partition coefficient (Wildman–Crippen LogP) is 3.47. The Morgan fingerprint density at radius 2 is 1.94 bits per heavy atom. The highest BCUT2D eigenvalue weighted by molar-refractivity contribution is 7.59. The van der Waals surface area contributed by atoms with Gasteiger partial charge in [-0.3, -0.25) is 9.59 Å².